The van der Waals surface area contributed by atoms with Crippen molar-refractivity contribution in [3.8, 4) is 0 Å². The Hall–Kier alpha value is -1.33. The number of anilines is 1. The first-order valence-corrected chi connectivity index (χ1v) is 7.26. The lowest BCUT2D eigenvalue weighted by Gasteiger charge is -2.07. The Morgan fingerprint density at radius 2 is 2.10 bits per heavy atom. The van der Waals surface area contributed by atoms with Crippen LogP contribution in [0.1, 0.15) is 36.5 Å². The maximum atomic E-state index is 11.9. The molecule has 1 rings (SSSR count). The van der Waals surface area contributed by atoms with E-state index in [1.807, 2.05) is 0 Å². The van der Waals surface area contributed by atoms with Gasteiger partial charge in [-0.05, 0) is 25.0 Å². The van der Waals surface area contributed by atoms with Crippen molar-refractivity contribution in [1.82, 2.24) is 10.3 Å². The monoisotopic (exact) mass is 299 g/mol. The Morgan fingerprint density at radius 3 is 2.80 bits per heavy atom. The number of aromatic nitrogens is 1. The molecule has 0 saturated heterocycles. The second-order valence-corrected chi connectivity index (χ2v) is 4.78. The highest BCUT2D eigenvalue weighted by Crippen LogP contribution is 2.13. The number of hydrogen-bond donors (Lipinski definition) is 2. The van der Waals surface area contributed by atoms with Crippen molar-refractivity contribution in [2.24, 2.45) is 0 Å². The number of hydrogen-bond acceptors (Lipinski definition) is 4. The number of ether oxygens (including phenoxy) is 1. The first-order chi connectivity index (χ1) is 9.67. The fraction of sp³-hybridized carbons (Fsp3) is 0.571. The lowest BCUT2D eigenvalue weighted by molar-refractivity contribution is 0.0940. The van der Waals surface area contributed by atoms with Gasteiger partial charge in [0.25, 0.3) is 5.91 Å². The van der Waals surface area contributed by atoms with Gasteiger partial charge in [0.1, 0.15) is 11.0 Å². The molecule has 2 N–H and O–H groups in total. The molecule has 1 aromatic rings. The molecule has 112 valence electrons. The number of nitrogens with one attached hydrogen (secondary N) is 2. The molecule has 0 fully saturated rings. The third-order valence-electron chi connectivity index (χ3n) is 2.71. The van der Waals surface area contributed by atoms with Crippen LogP contribution in [0.2, 0.25) is 5.15 Å². The molecule has 0 bridgehead atoms. The molecule has 0 aliphatic heterocycles. The number of carbonyl (C=O) groups is 1. The third kappa shape index (κ3) is 6.21. The SMILES string of the molecule is CCCCOCCCNC(=O)c1cc(Cl)nc(NC)c1. The summed E-state index contributed by atoms with van der Waals surface area (Å²) in [6.07, 6.45) is 3.01. The predicted molar refractivity (Wildman–Crippen MR) is 81.5 cm³/mol. The molecule has 0 aliphatic rings. The van der Waals surface area contributed by atoms with Crippen LogP contribution >= 0.6 is 11.6 Å². The zero-order valence-electron chi connectivity index (χ0n) is 12.0. The van der Waals surface area contributed by atoms with Crippen molar-refractivity contribution in [3.63, 3.8) is 0 Å². The van der Waals surface area contributed by atoms with Crippen molar-refractivity contribution in [1.29, 1.82) is 0 Å². The van der Waals surface area contributed by atoms with Gasteiger partial charge in [-0.3, -0.25) is 4.79 Å². The Morgan fingerprint density at radius 1 is 1.35 bits per heavy atom. The highest BCUT2D eigenvalue weighted by Gasteiger charge is 2.08. The van der Waals surface area contributed by atoms with E-state index in [4.69, 9.17) is 16.3 Å². The molecule has 0 atom stereocenters. The number of nitrogens with zero attached hydrogens (tertiary/aromatic N) is 1. The summed E-state index contributed by atoms with van der Waals surface area (Å²) in [7, 11) is 1.73. The van der Waals surface area contributed by atoms with Crippen LogP contribution in [0.4, 0.5) is 5.82 Å². The molecule has 20 heavy (non-hydrogen) atoms. The predicted octanol–water partition coefficient (Wildman–Crippen LogP) is 2.71. The van der Waals surface area contributed by atoms with E-state index in [1.165, 1.54) is 0 Å². The first kappa shape index (κ1) is 16.7. The van der Waals surface area contributed by atoms with Crippen LogP contribution < -0.4 is 10.6 Å². The summed E-state index contributed by atoms with van der Waals surface area (Å²) in [5.41, 5.74) is 0.501. The third-order valence-corrected chi connectivity index (χ3v) is 2.90. The van der Waals surface area contributed by atoms with Crippen LogP contribution in [-0.4, -0.2) is 37.7 Å². The minimum absolute atomic E-state index is 0.153. The lowest BCUT2D eigenvalue weighted by atomic mass is 10.2. The molecular formula is C14H22ClN3O2. The van der Waals surface area contributed by atoms with Crippen molar-refractivity contribution >= 4 is 23.3 Å². The van der Waals surface area contributed by atoms with Crippen molar-refractivity contribution in [2.75, 3.05) is 32.1 Å². The van der Waals surface area contributed by atoms with Crippen LogP contribution in [0.15, 0.2) is 12.1 Å². The second-order valence-electron chi connectivity index (χ2n) is 4.39. The summed E-state index contributed by atoms with van der Waals surface area (Å²) in [6.45, 7) is 4.16. The smallest absolute Gasteiger partial charge is 0.251 e. The van der Waals surface area contributed by atoms with E-state index in [0.717, 1.165) is 25.9 Å². The number of unbranched alkanes of at least 4 members (excludes halogenated alkanes) is 1. The van der Waals surface area contributed by atoms with Gasteiger partial charge < -0.3 is 15.4 Å². The van der Waals surface area contributed by atoms with E-state index in [2.05, 4.69) is 22.5 Å². The van der Waals surface area contributed by atoms with Gasteiger partial charge in [-0.2, -0.15) is 0 Å². The Balaban J connectivity index is 2.30. The molecule has 0 unspecified atom stereocenters. The molecule has 5 nitrogen and oxygen atoms in total. The molecule has 0 aromatic carbocycles. The normalized spacial score (nSPS) is 10.3. The Kier molecular flexibility index (Phi) is 7.99. The molecule has 1 aromatic heterocycles. The number of rotatable bonds is 9. The molecule has 1 heterocycles. The first-order valence-electron chi connectivity index (χ1n) is 6.88. The van der Waals surface area contributed by atoms with Crippen LogP contribution in [0.3, 0.4) is 0 Å². The number of halogens is 1. The molecule has 6 heteroatoms. The molecular weight excluding hydrogens is 278 g/mol. The van der Waals surface area contributed by atoms with E-state index >= 15 is 0 Å². The van der Waals surface area contributed by atoms with Crippen LogP contribution in [-0.2, 0) is 4.74 Å². The average molecular weight is 300 g/mol. The van der Waals surface area contributed by atoms with Crippen molar-refractivity contribution in [2.45, 2.75) is 26.2 Å². The molecule has 1 amide bonds. The van der Waals surface area contributed by atoms with Crippen LogP contribution in [0, 0.1) is 0 Å². The van der Waals surface area contributed by atoms with Gasteiger partial charge in [0.15, 0.2) is 0 Å². The largest absolute Gasteiger partial charge is 0.381 e. The van der Waals surface area contributed by atoms with E-state index in [-0.39, 0.29) is 5.91 Å². The summed E-state index contributed by atoms with van der Waals surface area (Å²) in [4.78, 5) is 16.0. The van der Waals surface area contributed by atoms with Gasteiger partial charge in [0, 0.05) is 32.4 Å². The summed E-state index contributed by atoms with van der Waals surface area (Å²) in [5.74, 6) is 0.421. The maximum absolute atomic E-state index is 11.9. The van der Waals surface area contributed by atoms with Gasteiger partial charge >= 0.3 is 0 Å². The topological polar surface area (TPSA) is 63.2 Å². The molecule has 0 radical (unpaired) electrons. The van der Waals surface area contributed by atoms with E-state index in [1.54, 1.807) is 19.2 Å². The summed E-state index contributed by atoms with van der Waals surface area (Å²) in [5, 5.41) is 5.99. The zero-order valence-corrected chi connectivity index (χ0v) is 12.8. The minimum Gasteiger partial charge on any atom is -0.381 e. The fourth-order valence-electron chi connectivity index (χ4n) is 1.58. The van der Waals surface area contributed by atoms with Gasteiger partial charge in [-0.15, -0.1) is 0 Å². The van der Waals surface area contributed by atoms with Gasteiger partial charge in [-0.1, -0.05) is 24.9 Å². The molecule has 0 spiro atoms. The zero-order chi connectivity index (χ0) is 14.8. The lowest BCUT2D eigenvalue weighted by Crippen LogP contribution is -2.25. The quantitative estimate of drug-likeness (QED) is 0.543. The summed E-state index contributed by atoms with van der Waals surface area (Å²) in [6, 6.07) is 3.22. The van der Waals surface area contributed by atoms with E-state index in [0.29, 0.717) is 29.7 Å². The minimum atomic E-state index is -0.153. The second kappa shape index (κ2) is 9.55. The van der Waals surface area contributed by atoms with Crippen LogP contribution in [0.25, 0.3) is 0 Å². The standard InChI is InChI=1S/C14H22ClN3O2/c1-3-4-7-20-8-5-6-17-14(19)11-9-12(15)18-13(10-11)16-2/h9-10H,3-8H2,1-2H3,(H,16,18)(H,17,19). The summed E-state index contributed by atoms with van der Waals surface area (Å²) < 4.78 is 5.42. The van der Waals surface area contributed by atoms with Crippen LogP contribution in [0.5, 0.6) is 0 Å². The van der Waals surface area contributed by atoms with Gasteiger partial charge in [0.05, 0.1) is 0 Å². The van der Waals surface area contributed by atoms with Gasteiger partial charge in [-0.25, -0.2) is 4.98 Å². The van der Waals surface area contributed by atoms with Crippen molar-refractivity contribution in [3.05, 3.63) is 22.8 Å². The van der Waals surface area contributed by atoms with E-state index < -0.39 is 0 Å². The molecule has 0 aliphatic carbocycles. The van der Waals surface area contributed by atoms with Crippen molar-refractivity contribution < 1.29 is 9.53 Å². The highest BCUT2D eigenvalue weighted by atomic mass is 35.5. The fourth-order valence-corrected chi connectivity index (χ4v) is 1.79. The highest BCUT2D eigenvalue weighted by molar-refractivity contribution is 6.29. The summed E-state index contributed by atoms with van der Waals surface area (Å²) >= 11 is 5.85. The Labute approximate surface area is 125 Å². The van der Waals surface area contributed by atoms with E-state index in [9.17, 15) is 4.79 Å². The Bertz CT molecular complexity index is 427. The average Bonchev–Trinajstić information content (AvgIpc) is 2.45. The number of amides is 1. The molecule has 0 saturated carbocycles. The number of carbonyl (C=O) groups excluding carboxylic acids is 1. The maximum Gasteiger partial charge on any atom is 0.251 e. The number of pyridine rings is 1. The van der Waals surface area contributed by atoms with Gasteiger partial charge in [0.2, 0.25) is 0 Å².